The molecule has 0 spiro atoms. The number of carbonyl (C=O) groups is 2. The Bertz CT molecular complexity index is 1170. The van der Waals surface area contributed by atoms with Gasteiger partial charge in [-0.05, 0) is 30.7 Å². The van der Waals surface area contributed by atoms with Crippen molar-refractivity contribution in [3.05, 3.63) is 70.2 Å². The fourth-order valence-corrected chi connectivity index (χ4v) is 3.33. The van der Waals surface area contributed by atoms with Gasteiger partial charge in [0.15, 0.2) is 0 Å². The third-order valence-corrected chi connectivity index (χ3v) is 4.86. The lowest BCUT2D eigenvalue weighted by Gasteiger charge is -2.10. The SMILES string of the molecule is Cc1ccc(NC(=O)CC2C(=O)Nc3c(-c4ccc(F)cc4)cnn32)cc1[N+](=O)[O-]. The van der Waals surface area contributed by atoms with Crippen molar-refractivity contribution in [1.29, 1.82) is 0 Å². The van der Waals surface area contributed by atoms with Crippen molar-refractivity contribution in [2.75, 3.05) is 10.6 Å². The van der Waals surface area contributed by atoms with Crippen molar-refractivity contribution in [3.8, 4) is 11.1 Å². The van der Waals surface area contributed by atoms with E-state index in [-0.39, 0.29) is 23.6 Å². The summed E-state index contributed by atoms with van der Waals surface area (Å²) < 4.78 is 14.6. The first-order valence-electron chi connectivity index (χ1n) is 9.02. The number of hydrogen-bond donors (Lipinski definition) is 2. The van der Waals surface area contributed by atoms with E-state index in [1.54, 1.807) is 25.1 Å². The van der Waals surface area contributed by atoms with Gasteiger partial charge in [0.05, 0.1) is 17.5 Å². The van der Waals surface area contributed by atoms with Gasteiger partial charge in [0.25, 0.3) is 11.6 Å². The maximum atomic E-state index is 13.2. The third-order valence-electron chi connectivity index (χ3n) is 4.86. The van der Waals surface area contributed by atoms with Gasteiger partial charge in [0.1, 0.15) is 17.7 Å². The second-order valence-corrected chi connectivity index (χ2v) is 6.87. The second kappa shape index (κ2) is 7.39. The number of aryl methyl sites for hydroxylation is 1. The molecule has 0 radical (unpaired) electrons. The summed E-state index contributed by atoms with van der Waals surface area (Å²) in [7, 11) is 0. The Kier molecular flexibility index (Phi) is 4.74. The topological polar surface area (TPSA) is 119 Å². The van der Waals surface area contributed by atoms with E-state index in [2.05, 4.69) is 15.7 Å². The third kappa shape index (κ3) is 3.50. The minimum Gasteiger partial charge on any atom is -0.326 e. The highest BCUT2D eigenvalue weighted by atomic mass is 19.1. The first kappa shape index (κ1) is 19.2. The highest BCUT2D eigenvalue weighted by Gasteiger charge is 2.35. The Morgan fingerprint density at radius 3 is 2.73 bits per heavy atom. The fourth-order valence-electron chi connectivity index (χ4n) is 3.33. The highest BCUT2D eigenvalue weighted by molar-refractivity contribution is 6.04. The van der Waals surface area contributed by atoms with Crippen molar-refractivity contribution in [1.82, 2.24) is 9.78 Å². The largest absolute Gasteiger partial charge is 0.326 e. The first-order valence-corrected chi connectivity index (χ1v) is 9.02. The van der Waals surface area contributed by atoms with Crippen LogP contribution in [0.3, 0.4) is 0 Å². The molecular formula is C20H16FN5O4. The molecule has 1 unspecified atom stereocenters. The van der Waals surface area contributed by atoms with Crippen LogP contribution < -0.4 is 10.6 Å². The van der Waals surface area contributed by atoms with E-state index < -0.39 is 22.8 Å². The molecular weight excluding hydrogens is 393 g/mol. The van der Waals surface area contributed by atoms with E-state index in [0.29, 0.717) is 22.5 Å². The molecule has 2 heterocycles. The molecule has 2 N–H and O–H groups in total. The molecule has 0 bridgehead atoms. The quantitative estimate of drug-likeness (QED) is 0.494. The number of halogens is 1. The molecule has 30 heavy (non-hydrogen) atoms. The second-order valence-electron chi connectivity index (χ2n) is 6.87. The smallest absolute Gasteiger partial charge is 0.274 e. The molecule has 2 amide bonds. The van der Waals surface area contributed by atoms with Gasteiger partial charge in [-0.3, -0.25) is 19.7 Å². The van der Waals surface area contributed by atoms with Gasteiger partial charge in [-0.1, -0.05) is 18.2 Å². The van der Waals surface area contributed by atoms with Crippen molar-refractivity contribution in [3.63, 3.8) is 0 Å². The van der Waals surface area contributed by atoms with Crippen molar-refractivity contribution in [2.24, 2.45) is 0 Å². The van der Waals surface area contributed by atoms with Gasteiger partial charge in [-0.15, -0.1) is 0 Å². The summed E-state index contributed by atoms with van der Waals surface area (Å²) in [5, 5.41) is 20.6. The number of fused-ring (bicyclic) bond motifs is 1. The van der Waals surface area contributed by atoms with Crippen LogP contribution in [-0.2, 0) is 9.59 Å². The maximum Gasteiger partial charge on any atom is 0.274 e. The number of nitrogens with zero attached hydrogens (tertiary/aromatic N) is 3. The summed E-state index contributed by atoms with van der Waals surface area (Å²) in [6, 6.07) is 9.26. The van der Waals surface area contributed by atoms with Crippen LogP contribution in [0.5, 0.6) is 0 Å². The standard InChI is InChI=1S/C20H16FN5O4/c1-11-2-7-14(8-16(11)26(29)30)23-18(27)9-17-20(28)24-19-15(10-22-25(17)19)12-3-5-13(21)6-4-12/h2-8,10,17H,9H2,1H3,(H,23,27)(H,24,28). The van der Waals surface area contributed by atoms with E-state index in [0.717, 1.165) is 0 Å². The Morgan fingerprint density at radius 1 is 1.30 bits per heavy atom. The molecule has 152 valence electrons. The number of nitro groups is 1. The Labute approximate surface area is 169 Å². The minimum atomic E-state index is -0.866. The zero-order valence-corrected chi connectivity index (χ0v) is 15.8. The molecule has 1 atom stereocenters. The number of amides is 2. The van der Waals surface area contributed by atoms with Crippen LogP contribution in [0.15, 0.2) is 48.7 Å². The Morgan fingerprint density at radius 2 is 2.03 bits per heavy atom. The van der Waals surface area contributed by atoms with Crippen LogP contribution in [0.2, 0.25) is 0 Å². The lowest BCUT2D eigenvalue weighted by atomic mass is 10.1. The van der Waals surface area contributed by atoms with E-state index >= 15 is 0 Å². The fraction of sp³-hybridized carbons (Fsp3) is 0.150. The van der Waals surface area contributed by atoms with E-state index in [9.17, 15) is 24.1 Å². The molecule has 2 aromatic carbocycles. The molecule has 4 rings (SSSR count). The Balaban J connectivity index is 1.52. The van der Waals surface area contributed by atoms with E-state index in [1.165, 1.54) is 35.1 Å². The molecule has 0 aliphatic carbocycles. The van der Waals surface area contributed by atoms with Gasteiger partial charge in [0.2, 0.25) is 5.91 Å². The predicted octanol–water partition coefficient (Wildman–Crippen LogP) is 3.43. The van der Waals surface area contributed by atoms with Crippen LogP contribution >= 0.6 is 0 Å². The number of benzene rings is 2. The number of aromatic nitrogens is 2. The number of nitro benzene ring substituents is 1. The van der Waals surface area contributed by atoms with Crippen LogP contribution in [0.4, 0.5) is 21.6 Å². The van der Waals surface area contributed by atoms with Crippen LogP contribution in [0.25, 0.3) is 11.1 Å². The summed E-state index contributed by atoms with van der Waals surface area (Å²) >= 11 is 0. The molecule has 1 aliphatic heterocycles. The molecule has 1 aliphatic rings. The van der Waals surface area contributed by atoms with Crippen molar-refractivity contribution < 1.29 is 18.9 Å². The molecule has 9 nitrogen and oxygen atoms in total. The molecule has 3 aromatic rings. The van der Waals surface area contributed by atoms with Crippen LogP contribution in [0, 0.1) is 22.9 Å². The Hall–Kier alpha value is -4.08. The van der Waals surface area contributed by atoms with Crippen molar-refractivity contribution in [2.45, 2.75) is 19.4 Å². The zero-order valence-electron chi connectivity index (χ0n) is 15.8. The number of anilines is 2. The monoisotopic (exact) mass is 409 g/mol. The van der Waals surface area contributed by atoms with Gasteiger partial charge < -0.3 is 10.6 Å². The summed E-state index contributed by atoms with van der Waals surface area (Å²) in [6.07, 6.45) is 1.33. The van der Waals surface area contributed by atoms with Gasteiger partial charge in [-0.2, -0.15) is 5.10 Å². The normalized spacial score (nSPS) is 14.9. The molecule has 10 heteroatoms. The number of hydrogen-bond acceptors (Lipinski definition) is 5. The maximum absolute atomic E-state index is 13.2. The number of nitrogens with one attached hydrogen (secondary N) is 2. The van der Waals surface area contributed by atoms with Crippen molar-refractivity contribution >= 4 is 29.0 Å². The zero-order chi connectivity index (χ0) is 21.4. The number of carbonyl (C=O) groups excluding carboxylic acids is 2. The van der Waals surface area contributed by atoms with E-state index in [4.69, 9.17) is 0 Å². The molecule has 0 saturated heterocycles. The number of rotatable bonds is 5. The summed E-state index contributed by atoms with van der Waals surface area (Å²) in [6.45, 7) is 1.60. The summed E-state index contributed by atoms with van der Waals surface area (Å²) in [5.41, 5.74) is 1.92. The van der Waals surface area contributed by atoms with Crippen LogP contribution in [0.1, 0.15) is 18.0 Å². The van der Waals surface area contributed by atoms with Crippen LogP contribution in [-0.4, -0.2) is 26.5 Å². The summed E-state index contributed by atoms with van der Waals surface area (Å²) in [5.74, 6) is -0.834. The minimum absolute atomic E-state index is 0.107. The van der Waals surface area contributed by atoms with Gasteiger partial charge in [-0.25, -0.2) is 9.07 Å². The lowest BCUT2D eigenvalue weighted by Crippen LogP contribution is -2.23. The predicted molar refractivity (Wildman–Crippen MR) is 106 cm³/mol. The average Bonchev–Trinajstić information content (AvgIpc) is 3.23. The average molecular weight is 409 g/mol. The van der Waals surface area contributed by atoms with Gasteiger partial charge in [0, 0.05) is 22.9 Å². The van der Waals surface area contributed by atoms with Gasteiger partial charge >= 0.3 is 0 Å². The molecule has 0 saturated carbocycles. The van der Waals surface area contributed by atoms with E-state index in [1.807, 2.05) is 0 Å². The highest BCUT2D eigenvalue weighted by Crippen LogP contribution is 2.35. The molecule has 0 fully saturated rings. The first-order chi connectivity index (χ1) is 14.3. The lowest BCUT2D eigenvalue weighted by molar-refractivity contribution is -0.385. The summed E-state index contributed by atoms with van der Waals surface area (Å²) in [4.78, 5) is 35.4. The molecule has 1 aromatic heterocycles.